The molecule has 9 nitrogen and oxygen atoms in total. The first-order valence-corrected chi connectivity index (χ1v) is 10.9. The van der Waals surface area contributed by atoms with Crippen molar-refractivity contribution in [2.24, 2.45) is 5.73 Å². The number of hydrogen-bond acceptors (Lipinski definition) is 7. The summed E-state index contributed by atoms with van der Waals surface area (Å²) in [4.78, 5) is 24.2. The zero-order valence-corrected chi connectivity index (χ0v) is 18.9. The summed E-state index contributed by atoms with van der Waals surface area (Å²) in [5, 5.41) is 18.5. The van der Waals surface area contributed by atoms with E-state index in [9.17, 15) is 9.59 Å². The van der Waals surface area contributed by atoms with E-state index in [4.69, 9.17) is 5.73 Å². The first-order valence-electron chi connectivity index (χ1n) is 10.9. The Hall–Kier alpha value is -1.26. The zero-order valence-electron chi connectivity index (χ0n) is 18.9. The molecule has 0 aromatic carbocycles. The van der Waals surface area contributed by atoms with Gasteiger partial charge in [-0.1, -0.05) is 0 Å². The molecule has 0 saturated carbocycles. The Morgan fingerprint density at radius 3 is 1.90 bits per heavy atom. The van der Waals surface area contributed by atoms with Crippen molar-refractivity contribution in [1.82, 2.24) is 31.9 Å². The van der Waals surface area contributed by atoms with Gasteiger partial charge in [0.1, 0.15) is 0 Å². The number of rotatable bonds is 19. The van der Waals surface area contributed by atoms with Gasteiger partial charge in [-0.05, 0) is 79.8 Å². The monoisotopic (exact) mass is 415 g/mol. The van der Waals surface area contributed by atoms with Crippen molar-refractivity contribution in [3.8, 4) is 0 Å². The average molecular weight is 416 g/mol. The van der Waals surface area contributed by atoms with Crippen LogP contribution in [0.15, 0.2) is 0 Å². The summed E-state index contributed by atoms with van der Waals surface area (Å²) in [5.74, 6) is -0.0509. The lowest BCUT2D eigenvalue weighted by Gasteiger charge is -2.19. The minimum Gasteiger partial charge on any atom is -0.355 e. The maximum absolute atomic E-state index is 12.2. The molecule has 0 aliphatic rings. The van der Waals surface area contributed by atoms with Crippen LogP contribution in [0.1, 0.15) is 44.9 Å². The second kappa shape index (κ2) is 18.7. The highest BCUT2D eigenvalue weighted by Crippen LogP contribution is 2.02. The maximum atomic E-state index is 12.2. The Balaban J connectivity index is 3.99. The molecule has 0 unspecified atom stereocenters. The molecule has 8 N–H and O–H groups in total. The molecule has 0 aromatic heterocycles. The summed E-state index contributed by atoms with van der Waals surface area (Å²) in [6.45, 7) is 3.05. The second-order valence-electron chi connectivity index (χ2n) is 7.51. The van der Waals surface area contributed by atoms with E-state index in [1.807, 2.05) is 28.2 Å². The van der Waals surface area contributed by atoms with E-state index in [0.29, 0.717) is 25.9 Å². The third-order valence-electron chi connectivity index (χ3n) is 5.08. The third kappa shape index (κ3) is 15.3. The lowest BCUT2D eigenvalue weighted by Crippen LogP contribution is -2.42. The van der Waals surface area contributed by atoms with Gasteiger partial charge in [-0.15, -0.1) is 0 Å². The molecule has 0 radical (unpaired) electrons. The van der Waals surface area contributed by atoms with Crippen molar-refractivity contribution in [1.29, 1.82) is 0 Å². The van der Waals surface area contributed by atoms with Crippen LogP contribution >= 0.6 is 0 Å². The van der Waals surface area contributed by atoms with Gasteiger partial charge in [-0.2, -0.15) is 0 Å². The van der Waals surface area contributed by atoms with Crippen LogP contribution in [-0.4, -0.2) is 84.3 Å². The topological polar surface area (TPSA) is 132 Å². The summed E-state index contributed by atoms with van der Waals surface area (Å²) in [5.41, 5.74) is 5.89. The van der Waals surface area contributed by atoms with Crippen LogP contribution in [0.4, 0.5) is 0 Å². The van der Waals surface area contributed by atoms with Gasteiger partial charge in [0.05, 0.1) is 6.04 Å². The van der Waals surface area contributed by atoms with Gasteiger partial charge in [0.2, 0.25) is 11.8 Å². The number of nitrogens with one attached hydrogen (secondary N) is 6. The Labute approximate surface area is 177 Å². The molecule has 3 atom stereocenters. The largest absolute Gasteiger partial charge is 0.355 e. The van der Waals surface area contributed by atoms with Crippen molar-refractivity contribution in [2.45, 2.75) is 63.1 Å². The predicted molar refractivity (Wildman–Crippen MR) is 120 cm³/mol. The molecule has 0 aliphatic heterocycles. The molecule has 0 bridgehead atoms. The van der Waals surface area contributed by atoms with Crippen LogP contribution in [-0.2, 0) is 9.59 Å². The minimum absolute atomic E-state index is 0.0498. The van der Waals surface area contributed by atoms with Gasteiger partial charge in [0.25, 0.3) is 0 Å². The van der Waals surface area contributed by atoms with Crippen molar-refractivity contribution >= 4 is 11.8 Å². The molecule has 0 saturated heterocycles. The molecular formula is C20H45N7O2. The van der Waals surface area contributed by atoms with Crippen LogP contribution < -0.4 is 37.6 Å². The zero-order chi connectivity index (χ0) is 21.9. The van der Waals surface area contributed by atoms with E-state index in [1.165, 1.54) is 0 Å². The fourth-order valence-electron chi connectivity index (χ4n) is 3.08. The lowest BCUT2D eigenvalue weighted by molar-refractivity contribution is -0.123. The number of likely N-dealkylation sites (N-methyl/N-ethyl adjacent to an activating group) is 1. The Morgan fingerprint density at radius 2 is 1.31 bits per heavy atom. The minimum atomic E-state index is -0.456. The number of hydrogen-bond donors (Lipinski definition) is 7. The highest BCUT2D eigenvalue weighted by molar-refractivity contribution is 5.81. The van der Waals surface area contributed by atoms with Crippen molar-refractivity contribution < 1.29 is 9.59 Å². The van der Waals surface area contributed by atoms with E-state index in [1.54, 1.807) is 0 Å². The first-order chi connectivity index (χ1) is 14.0. The van der Waals surface area contributed by atoms with E-state index in [-0.39, 0.29) is 23.9 Å². The normalized spacial score (nSPS) is 14.2. The molecule has 0 spiro atoms. The molecule has 2 amide bonds. The first kappa shape index (κ1) is 27.7. The highest BCUT2D eigenvalue weighted by Gasteiger charge is 2.15. The Kier molecular flexibility index (Phi) is 17.9. The number of nitrogens with two attached hydrogens (primary N) is 1. The molecule has 29 heavy (non-hydrogen) atoms. The average Bonchev–Trinajstić information content (AvgIpc) is 2.72. The highest BCUT2D eigenvalue weighted by atomic mass is 16.2. The van der Waals surface area contributed by atoms with Crippen LogP contribution in [0.2, 0.25) is 0 Å². The van der Waals surface area contributed by atoms with Gasteiger partial charge >= 0.3 is 0 Å². The van der Waals surface area contributed by atoms with Crippen LogP contribution in [0, 0.1) is 0 Å². The van der Waals surface area contributed by atoms with Gasteiger partial charge in [-0.25, -0.2) is 0 Å². The molecular weight excluding hydrogens is 370 g/mol. The van der Waals surface area contributed by atoms with Crippen molar-refractivity contribution in [3.63, 3.8) is 0 Å². The van der Waals surface area contributed by atoms with E-state index in [0.717, 1.165) is 45.2 Å². The summed E-state index contributed by atoms with van der Waals surface area (Å²) < 4.78 is 0. The SMILES string of the molecule is CNCCC[C@@H](CNC(=O)C[C@H](CCCNC(=O)[C@@H](N)CCCNC)NC)NC. The number of carbonyl (C=O) groups is 2. The fourth-order valence-corrected chi connectivity index (χ4v) is 3.08. The fraction of sp³-hybridized carbons (Fsp3) is 0.900. The molecule has 9 heteroatoms. The van der Waals surface area contributed by atoms with E-state index in [2.05, 4.69) is 31.9 Å². The van der Waals surface area contributed by atoms with Gasteiger partial charge in [-0.3, -0.25) is 9.59 Å². The van der Waals surface area contributed by atoms with Crippen LogP contribution in [0.3, 0.4) is 0 Å². The number of carbonyl (C=O) groups excluding carboxylic acids is 2. The van der Waals surface area contributed by atoms with Crippen LogP contribution in [0.5, 0.6) is 0 Å². The Morgan fingerprint density at radius 1 is 0.759 bits per heavy atom. The third-order valence-corrected chi connectivity index (χ3v) is 5.08. The standard InChI is InChI=1S/C20H45N7O2/c1-22-11-5-9-17(25-4)15-27-19(28)14-16(24-3)8-6-13-26-20(29)18(21)10-7-12-23-2/h16-18,22-25H,5-15,21H2,1-4H3,(H,26,29)(H,27,28)/t16-,17-,18-/m0/s1. The smallest absolute Gasteiger partial charge is 0.236 e. The van der Waals surface area contributed by atoms with E-state index < -0.39 is 6.04 Å². The van der Waals surface area contributed by atoms with Crippen molar-refractivity contribution in [2.75, 3.05) is 54.4 Å². The van der Waals surface area contributed by atoms with Crippen molar-refractivity contribution in [3.05, 3.63) is 0 Å². The molecule has 172 valence electrons. The molecule has 0 rings (SSSR count). The van der Waals surface area contributed by atoms with E-state index >= 15 is 0 Å². The molecule has 0 heterocycles. The maximum Gasteiger partial charge on any atom is 0.236 e. The summed E-state index contributed by atoms with van der Waals surface area (Å²) in [7, 11) is 7.61. The Bertz CT molecular complexity index is 424. The predicted octanol–water partition coefficient (Wildman–Crippen LogP) is -1.11. The van der Waals surface area contributed by atoms with Gasteiger partial charge in [0.15, 0.2) is 0 Å². The van der Waals surface area contributed by atoms with Gasteiger partial charge < -0.3 is 37.6 Å². The second-order valence-corrected chi connectivity index (χ2v) is 7.51. The van der Waals surface area contributed by atoms with Crippen LogP contribution in [0.25, 0.3) is 0 Å². The number of amides is 2. The van der Waals surface area contributed by atoms with Gasteiger partial charge in [0, 0.05) is 31.6 Å². The molecule has 0 aromatic rings. The molecule has 0 aliphatic carbocycles. The lowest BCUT2D eigenvalue weighted by atomic mass is 10.1. The summed E-state index contributed by atoms with van der Waals surface area (Å²) in [6.07, 6.45) is 5.70. The molecule has 0 fully saturated rings. The quantitative estimate of drug-likeness (QED) is 0.133. The summed E-state index contributed by atoms with van der Waals surface area (Å²) >= 11 is 0. The summed E-state index contributed by atoms with van der Waals surface area (Å²) in [6, 6.07) is -0.0798.